The van der Waals surface area contributed by atoms with Gasteiger partial charge in [-0.05, 0) is 43.9 Å². The first-order valence-electron chi connectivity index (χ1n) is 7.87. The molecule has 3 atom stereocenters. The van der Waals surface area contributed by atoms with E-state index >= 15 is 0 Å². The van der Waals surface area contributed by atoms with Crippen molar-refractivity contribution in [1.82, 2.24) is 10.2 Å². The van der Waals surface area contributed by atoms with Gasteiger partial charge in [-0.1, -0.05) is 41.9 Å². The average Bonchev–Trinajstić information content (AvgIpc) is 2.48. The lowest BCUT2D eigenvalue weighted by Gasteiger charge is -2.43. The minimum atomic E-state index is 0.609. The molecule has 20 heavy (non-hydrogen) atoms. The third-order valence-electron chi connectivity index (χ3n) is 4.52. The summed E-state index contributed by atoms with van der Waals surface area (Å²) in [7, 11) is 0. The minimum absolute atomic E-state index is 0.609. The molecule has 112 valence electrons. The first-order chi connectivity index (χ1) is 9.63. The zero-order chi connectivity index (χ0) is 14.5. The van der Waals surface area contributed by atoms with Crippen LogP contribution in [0.3, 0.4) is 0 Å². The molecule has 1 aromatic carbocycles. The molecule has 2 nitrogen and oxygen atoms in total. The molecule has 2 rings (SSSR count). The minimum Gasteiger partial charge on any atom is -0.311 e. The van der Waals surface area contributed by atoms with Crippen molar-refractivity contribution < 1.29 is 0 Å². The van der Waals surface area contributed by atoms with Gasteiger partial charge in [-0.3, -0.25) is 4.90 Å². The SMILES string of the molecule is CCC1CN(C(C)Cc2ccc(Br)cc2)C(CC)CN1. The summed E-state index contributed by atoms with van der Waals surface area (Å²) in [6.45, 7) is 9.29. The van der Waals surface area contributed by atoms with Crippen LogP contribution < -0.4 is 5.32 Å². The van der Waals surface area contributed by atoms with E-state index in [0.717, 1.165) is 17.4 Å². The van der Waals surface area contributed by atoms with Crippen LogP contribution in [0.15, 0.2) is 28.7 Å². The number of hydrogen-bond acceptors (Lipinski definition) is 2. The highest BCUT2D eigenvalue weighted by Gasteiger charge is 2.29. The van der Waals surface area contributed by atoms with Crippen LogP contribution in [-0.4, -0.2) is 36.1 Å². The molecule has 1 heterocycles. The monoisotopic (exact) mass is 338 g/mol. The first-order valence-corrected chi connectivity index (χ1v) is 8.66. The van der Waals surface area contributed by atoms with Crippen molar-refractivity contribution in [3.63, 3.8) is 0 Å². The van der Waals surface area contributed by atoms with Crippen molar-refractivity contribution in [3.05, 3.63) is 34.3 Å². The highest BCUT2D eigenvalue weighted by atomic mass is 79.9. The predicted octanol–water partition coefficient (Wildman–Crippen LogP) is 3.84. The van der Waals surface area contributed by atoms with Crippen molar-refractivity contribution in [2.24, 2.45) is 0 Å². The van der Waals surface area contributed by atoms with Crippen molar-refractivity contribution in [3.8, 4) is 0 Å². The number of hydrogen-bond donors (Lipinski definition) is 1. The van der Waals surface area contributed by atoms with E-state index in [2.05, 4.69) is 71.2 Å². The maximum Gasteiger partial charge on any atom is 0.0221 e. The molecule has 1 aromatic rings. The van der Waals surface area contributed by atoms with Crippen LogP contribution in [0, 0.1) is 0 Å². The molecule has 3 unspecified atom stereocenters. The molecule has 0 saturated carbocycles. The summed E-state index contributed by atoms with van der Waals surface area (Å²) in [6.07, 6.45) is 3.59. The quantitative estimate of drug-likeness (QED) is 0.877. The van der Waals surface area contributed by atoms with E-state index in [-0.39, 0.29) is 0 Å². The van der Waals surface area contributed by atoms with Crippen molar-refractivity contribution in [2.75, 3.05) is 13.1 Å². The fourth-order valence-corrected chi connectivity index (χ4v) is 3.42. The van der Waals surface area contributed by atoms with Crippen LogP contribution >= 0.6 is 15.9 Å². The zero-order valence-electron chi connectivity index (χ0n) is 12.9. The van der Waals surface area contributed by atoms with Crippen LogP contribution in [0.1, 0.15) is 39.2 Å². The Bertz CT molecular complexity index is 404. The molecule has 0 amide bonds. The summed E-state index contributed by atoms with van der Waals surface area (Å²) in [5.74, 6) is 0. The second-order valence-corrected chi connectivity index (χ2v) is 6.87. The van der Waals surface area contributed by atoms with E-state index in [1.54, 1.807) is 0 Å². The summed E-state index contributed by atoms with van der Waals surface area (Å²) in [5, 5.41) is 3.68. The normalized spacial score (nSPS) is 25.6. The lowest BCUT2D eigenvalue weighted by Crippen LogP contribution is -2.58. The standard InChI is InChI=1S/C17H27BrN2/c1-4-16-12-20(17(5-2)11-19-16)13(3)10-14-6-8-15(18)9-7-14/h6-9,13,16-17,19H,4-5,10-12H2,1-3H3. The molecule has 1 saturated heterocycles. The van der Waals surface area contributed by atoms with E-state index in [9.17, 15) is 0 Å². The van der Waals surface area contributed by atoms with Gasteiger partial charge in [-0.25, -0.2) is 0 Å². The highest BCUT2D eigenvalue weighted by molar-refractivity contribution is 9.10. The predicted molar refractivity (Wildman–Crippen MR) is 90.2 cm³/mol. The third kappa shape index (κ3) is 4.06. The van der Waals surface area contributed by atoms with Gasteiger partial charge < -0.3 is 5.32 Å². The van der Waals surface area contributed by atoms with E-state index in [4.69, 9.17) is 0 Å². The number of benzene rings is 1. The fraction of sp³-hybridized carbons (Fsp3) is 0.647. The Balaban J connectivity index is 2.01. The molecule has 1 fully saturated rings. The molecule has 1 N–H and O–H groups in total. The average molecular weight is 339 g/mol. The number of nitrogens with zero attached hydrogens (tertiary/aromatic N) is 1. The Morgan fingerprint density at radius 2 is 1.95 bits per heavy atom. The Morgan fingerprint density at radius 3 is 2.55 bits per heavy atom. The summed E-state index contributed by atoms with van der Waals surface area (Å²) in [4.78, 5) is 2.71. The van der Waals surface area contributed by atoms with Crippen molar-refractivity contribution in [1.29, 1.82) is 0 Å². The molecular formula is C17H27BrN2. The van der Waals surface area contributed by atoms with Gasteiger partial charge in [0.1, 0.15) is 0 Å². The van der Waals surface area contributed by atoms with Crippen LogP contribution in [0.5, 0.6) is 0 Å². The summed E-state index contributed by atoms with van der Waals surface area (Å²) >= 11 is 3.51. The second-order valence-electron chi connectivity index (χ2n) is 5.95. The number of nitrogens with one attached hydrogen (secondary N) is 1. The third-order valence-corrected chi connectivity index (χ3v) is 5.05. The highest BCUT2D eigenvalue weighted by Crippen LogP contribution is 2.19. The van der Waals surface area contributed by atoms with Gasteiger partial charge in [0, 0.05) is 35.7 Å². The van der Waals surface area contributed by atoms with Gasteiger partial charge in [0.05, 0.1) is 0 Å². The maximum absolute atomic E-state index is 3.68. The maximum atomic E-state index is 3.68. The fourth-order valence-electron chi connectivity index (χ4n) is 3.16. The Kier molecular flexibility index (Phi) is 6.06. The Morgan fingerprint density at radius 1 is 1.25 bits per heavy atom. The molecule has 0 radical (unpaired) electrons. The van der Waals surface area contributed by atoms with Gasteiger partial charge in [0.2, 0.25) is 0 Å². The molecule has 0 spiro atoms. The molecule has 3 heteroatoms. The number of piperazine rings is 1. The Labute approximate surface area is 132 Å². The van der Waals surface area contributed by atoms with Crippen LogP contribution in [-0.2, 0) is 6.42 Å². The molecule has 0 aliphatic carbocycles. The van der Waals surface area contributed by atoms with Crippen LogP contribution in [0.2, 0.25) is 0 Å². The van der Waals surface area contributed by atoms with Gasteiger partial charge in [-0.15, -0.1) is 0 Å². The largest absolute Gasteiger partial charge is 0.311 e. The number of rotatable bonds is 5. The zero-order valence-corrected chi connectivity index (χ0v) is 14.5. The number of halogens is 1. The molecular weight excluding hydrogens is 312 g/mol. The lowest BCUT2D eigenvalue weighted by molar-refractivity contribution is 0.0851. The summed E-state index contributed by atoms with van der Waals surface area (Å²) in [6, 6.07) is 10.7. The van der Waals surface area contributed by atoms with Gasteiger partial charge >= 0.3 is 0 Å². The summed E-state index contributed by atoms with van der Waals surface area (Å²) < 4.78 is 1.16. The van der Waals surface area contributed by atoms with Crippen LogP contribution in [0.4, 0.5) is 0 Å². The van der Waals surface area contributed by atoms with E-state index in [1.165, 1.54) is 24.9 Å². The Hall–Kier alpha value is -0.380. The second kappa shape index (κ2) is 7.58. The van der Waals surface area contributed by atoms with Crippen molar-refractivity contribution in [2.45, 2.75) is 58.2 Å². The van der Waals surface area contributed by atoms with E-state index in [1.807, 2.05) is 0 Å². The molecule has 1 aliphatic rings. The van der Waals surface area contributed by atoms with Gasteiger partial charge in [0.25, 0.3) is 0 Å². The van der Waals surface area contributed by atoms with Gasteiger partial charge in [-0.2, -0.15) is 0 Å². The van der Waals surface area contributed by atoms with Crippen molar-refractivity contribution >= 4 is 15.9 Å². The topological polar surface area (TPSA) is 15.3 Å². The molecule has 1 aliphatic heterocycles. The first kappa shape index (κ1) is 16.0. The van der Waals surface area contributed by atoms with Crippen LogP contribution in [0.25, 0.3) is 0 Å². The molecule has 0 bridgehead atoms. The lowest BCUT2D eigenvalue weighted by atomic mass is 9.99. The van der Waals surface area contributed by atoms with E-state index < -0.39 is 0 Å². The van der Waals surface area contributed by atoms with E-state index in [0.29, 0.717) is 18.1 Å². The smallest absolute Gasteiger partial charge is 0.0221 e. The summed E-state index contributed by atoms with van der Waals surface area (Å²) in [5.41, 5.74) is 1.43. The molecule has 0 aromatic heterocycles. The van der Waals surface area contributed by atoms with Gasteiger partial charge in [0.15, 0.2) is 0 Å².